The van der Waals surface area contributed by atoms with Crippen molar-refractivity contribution in [1.82, 2.24) is 9.97 Å². The van der Waals surface area contributed by atoms with E-state index in [2.05, 4.69) is 45.7 Å². The van der Waals surface area contributed by atoms with Crippen LogP contribution in [0.4, 0.5) is 5.69 Å². The van der Waals surface area contributed by atoms with E-state index in [9.17, 15) is 0 Å². The summed E-state index contributed by atoms with van der Waals surface area (Å²) < 4.78 is 0. The molecule has 19 heavy (non-hydrogen) atoms. The van der Waals surface area contributed by atoms with Gasteiger partial charge in [0, 0.05) is 41.7 Å². The second-order valence-electron chi connectivity index (χ2n) is 4.63. The molecular formula is C16H17N3. The zero-order valence-electron chi connectivity index (χ0n) is 10.8. The van der Waals surface area contributed by atoms with Crippen LogP contribution in [0.1, 0.15) is 12.0 Å². The summed E-state index contributed by atoms with van der Waals surface area (Å²) in [6, 6.07) is 12.4. The summed E-state index contributed by atoms with van der Waals surface area (Å²) >= 11 is 0. The molecule has 0 unspecified atom stereocenters. The van der Waals surface area contributed by atoms with Crippen molar-refractivity contribution in [2.45, 2.75) is 12.8 Å². The number of pyridine rings is 1. The number of benzene rings is 1. The lowest BCUT2D eigenvalue weighted by atomic mass is 10.1. The van der Waals surface area contributed by atoms with Gasteiger partial charge in [-0.2, -0.15) is 0 Å². The lowest BCUT2D eigenvalue weighted by molar-refractivity contribution is 0.868. The number of rotatable bonds is 5. The van der Waals surface area contributed by atoms with E-state index in [1.807, 2.05) is 24.5 Å². The molecule has 0 saturated carbocycles. The third kappa shape index (κ3) is 2.76. The summed E-state index contributed by atoms with van der Waals surface area (Å²) in [4.78, 5) is 7.32. The van der Waals surface area contributed by atoms with Gasteiger partial charge >= 0.3 is 0 Å². The summed E-state index contributed by atoms with van der Waals surface area (Å²) in [6.07, 6.45) is 7.94. The number of hydrogen-bond donors (Lipinski definition) is 2. The molecule has 0 amide bonds. The average Bonchev–Trinajstić information content (AvgIpc) is 2.88. The molecule has 0 fully saturated rings. The molecule has 0 bridgehead atoms. The van der Waals surface area contributed by atoms with Gasteiger partial charge < -0.3 is 10.3 Å². The van der Waals surface area contributed by atoms with E-state index in [0.717, 1.165) is 25.1 Å². The maximum Gasteiger partial charge on any atom is 0.0456 e. The molecule has 0 radical (unpaired) electrons. The molecule has 3 aromatic rings. The molecule has 0 spiro atoms. The van der Waals surface area contributed by atoms with E-state index in [4.69, 9.17) is 0 Å². The zero-order chi connectivity index (χ0) is 12.9. The van der Waals surface area contributed by atoms with Crippen molar-refractivity contribution >= 4 is 16.6 Å². The molecule has 0 saturated heterocycles. The highest BCUT2D eigenvalue weighted by atomic mass is 14.9. The predicted octanol–water partition coefficient (Wildman–Crippen LogP) is 3.61. The van der Waals surface area contributed by atoms with Gasteiger partial charge in [0.1, 0.15) is 0 Å². The number of nitrogens with one attached hydrogen (secondary N) is 2. The maximum atomic E-state index is 4.00. The Morgan fingerprint density at radius 3 is 2.79 bits per heavy atom. The molecule has 0 aliphatic carbocycles. The van der Waals surface area contributed by atoms with Crippen LogP contribution in [-0.2, 0) is 6.42 Å². The van der Waals surface area contributed by atoms with E-state index >= 15 is 0 Å². The highest BCUT2D eigenvalue weighted by Gasteiger charge is 2.02. The molecule has 1 aromatic carbocycles. The normalized spacial score (nSPS) is 10.7. The van der Waals surface area contributed by atoms with Crippen LogP contribution in [0.15, 0.2) is 55.0 Å². The first-order valence-electron chi connectivity index (χ1n) is 6.62. The van der Waals surface area contributed by atoms with Crippen molar-refractivity contribution in [3.05, 3.63) is 60.6 Å². The van der Waals surface area contributed by atoms with E-state index in [0.29, 0.717) is 0 Å². The minimum Gasteiger partial charge on any atom is -0.385 e. The topological polar surface area (TPSA) is 40.7 Å². The highest BCUT2D eigenvalue weighted by molar-refractivity contribution is 5.82. The lowest BCUT2D eigenvalue weighted by Gasteiger charge is -2.05. The molecule has 2 N–H and O–H groups in total. The van der Waals surface area contributed by atoms with Crippen LogP contribution >= 0.6 is 0 Å². The van der Waals surface area contributed by atoms with Gasteiger partial charge in [0.05, 0.1) is 0 Å². The number of aromatic amines is 1. The summed E-state index contributed by atoms with van der Waals surface area (Å²) in [5.41, 5.74) is 3.75. The molecule has 0 aliphatic heterocycles. The molecule has 3 nitrogen and oxygen atoms in total. The average molecular weight is 251 g/mol. The predicted molar refractivity (Wildman–Crippen MR) is 79.3 cm³/mol. The largest absolute Gasteiger partial charge is 0.385 e. The van der Waals surface area contributed by atoms with Crippen LogP contribution < -0.4 is 5.32 Å². The SMILES string of the molecule is c1ccc2c(CCCNc3ccncc3)c[nH]c2c1. The van der Waals surface area contributed by atoms with Crippen molar-refractivity contribution in [2.24, 2.45) is 0 Å². The first kappa shape index (κ1) is 11.8. The number of H-pyrrole nitrogens is 1. The van der Waals surface area contributed by atoms with Gasteiger partial charge in [-0.05, 0) is 36.6 Å². The second-order valence-corrected chi connectivity index (χ2v) is 4.63. The molecule has 3 rings (SSSR count). The van der Waals surface area contributed by atoms with Crippen molar-refractivity contribution in [3.8, 4) is 0 Å². The van der Waals surface area contributed by atoms with Gasteiger partial charge in [0.2, 0.25) is 0 Å². The van der Waals surface area contributed by atoms with Gasteiger partial charge in [0.15, 0.2) is 0 Å². The summed E-state index contributed by atoms with van der Waals surface area (Å²) in [6.45, 7) is 0.976. The molecule has 3 heteroatoms. The Morgan fingerprint density at radius 1 is 1.05 bits per heavy atom. The Hall–Kier alpha value is -2.29. The van der Waals surface area contributed by atoms with Crippen LogP contribution in [0.25, 0.3) is 10.9 Å². The lowest BCUT2D eigenvalue weighted by Crippen LogP contribution is -2.02. The number of aryl methyl sites for hydroxylation is 1. The number of hydrogen-bond acceptors (Lipinski definition) is 2. The molecule has 2 heterocycles. The number of nitrogens with zero attached hydrogens (tertiary/aromatic N) is 1. The smallest absolute Gasteiger partial charge is 0.0456 e. The second kappa shape index (κ2) is 5.57. The van der Waals surface area contributed by atoms with E-state index < -0.39 is 0 Å². The standard InChI is InChI=1S/C16H17N3/c1-2-6-16-15(5-1)13(12-19-16)4-3-9-18-14-7-10-17-11-8-14/h1-2,5-8,10-12,19H,3-4,9H2,(H,17,18). The van der Waals surface area contributed by atoms with Gasteiger partial charge in [-0.15, -0.1) is 0 Å². The summed E-state index contributed by atoms with van der Waals surface area (Å²) in [7, 11) is 0. The third-order valence-corrected chi connectivity index (χ3v) is 3.31. The fourth-order valence-electron chi connectivity index (χ4n) is 2.32. The highest BCUT2D eigenvalue weighted by Crippen LogP contribution is 2.18. The monoisotopic (exact) mass is 251 g/mol. The van der Waals surface area contributed by atoms with Crippen molar-refractivity contribution in [3.63, 3.8) is 0 Å². The number of fused-ring (bicyclic) bond motifs is 1. The Kier molecular flexibility index (Phi) is 3.45. The quantitative estimate of drug-likeness (QED) is 0.680. The summed E-state index contributed by atoms with van der Waals surface area (Å²) in [5, 5.41) is 4.74. The molecule has 96 valence electrons. The Morgan fingerprint density at radius 2 is 1.89 bits per heavy atom. The number of aromatic nitrogens is 2. The van der Waals surface area contributed by atoms with Crippen molar-refractivity contribution in [2.75, 3.05) is 11.9 Å². The maximum absolute atomic E-state index is 4.00. The van der Waals surface area contributed by atoms with Crippen molar-refractivity contribution < 1.29 is 0 Å². The Balaban J connectivity index is 1.55. The van der Waals surface area contributed by atoms with E-state index in [1.165, 1.54) is 16.5 Å². The minimum atomic E-state index is 0.976. The van der Waals surface area contributed by atoms with E-state index in [1.54, 1.807) is 0 Å². The van der Waals surface area contributed by atoms with Crippen molar-refractivity contribution in [1.29, 1.82) is 0 Å². The fraction of sp³-hybridized carbons (Fsp3) is 0.188. The number of para-hydroxylation sites is 1. The van der Waals surface area contributed by atoms with Crippen LogP contribution in [-0.4, -0.2) is 16.5 Å². The minimum absolute atomic E-state index is 0.976. The third-order valence-electron chi connectivity index (χ3n) is 3.31. The first-order valence-corrected chi connectivity index (χ1v) is 6.62. The van der Waals surface area contributed by atoms with Gasteiger partial charge in [-0.25, -0.2) is 0 Å². The van der Waals surface area contributed by atoms with Crippen LogP contribution in [0.5, 0.6) is 0 Å². The van der Waals surface area contributed by atoms with Gasteiger partial charge in [-0.3, -0.25) is 4.98 Å². The van der Waals surface area contributed by atoms with Crippen LogP contribution in [0.3, 0.4) is 0 Å². The molecular weight excluding hydrogens is 234 g/mol. The van der Waals surface area contributed by atoms with Crippen LogP contribution in [0.2, 0.25) is 0 Å². The molecule has 0 aliphatic rings. The van der Waals surface area contributed by atoms with E-state index in [-0.39, 0.29) is 0 Å². The van der Waals surface area contributed by atoms with Gasteiger partial charge in [0.25, 0.3) is 0 Å². The molecule has 2 aromatic heterocycles. The Bertz CT molecular complexity index is 643. The zero-order valence-corrected chi connectivity index (χ0v) is 10.8. The fourth-order valence-corrected chi connectivity index (χ4v) is 2.32. The number of anilines is 1. The summed E-state index contributed by atoms with van der Waals surface area (Å²) in [5.74, 6) is 0. The first-order chi connectivity index (χ1) is 9.43. The Labute approximate surface area is 112 Å². The van der Waals surface area contributed by atoms with Crippen LogP contribution in [0, 0.1) is 0 Å². The van der Waals surface area contributed by atoms with Gasteiger partial charge in [-0.1, -0.05) is 18.2 Å². The molecule has 0 atom stereocenters.